The summed E-state index contributed by atoms with van der Waals surface area (Å²) in [5, 5.41) is 13.8. The summed E-state index contributed by atoms with van der Waals surface area (Å²) < 4.78 is 5.62. The zero-order valence-corrected chi connectivity index (χ0v) is 15.6. The number of halogens is 1. The van der Waals surface area contributed by atoms with E-state index in [4.69, 9.17) is 10.5 Å². The molecule has 0 spiro atoms. The highest BCUT2D eigenvalue weighted by molar-refractivity contribution is 5.88. The molecule has 0 aliphatic heterocycles. The Hall–Kier alpha value is -1.70. The highest BCUT2D eigenvalue weighted by Gasteiger charge is 2.62. The number of rotatable bonds is 7. The van der Waals surface area contributed by atoms with Gasteiger partial charge in [-0.15, -0.1) is 12.4 Å². The number of benzene rings is 1. The molecule has 0 bridgehead atoms. The summed E-state index contributed by atoms with van der Waals surface area (Å²) in [4.78, 5) is 23.1. The van der Waals surface area contributed by atoms with E-state index in [-0.39, 0.29) is 30.1 Å². The number of carbonyl (C=O) groups is 1. The SMILES string of the molecule is CCOC1CC(N)(C(=O)NCCc2ccccc2[N+](=O)[O-])C1(C)C.Cl. The average molecular weight is 372 g/mol. The van der Waals surface area contributed by atoms with Gasteiger partial charge in [0.15, 0.2) is 0 Å². The van der Waals surface area contributed by atoms with E-state index in [1.807, 2.05) is 20.8 Å². The molecule has 1 aromatic carbocycles. The molecule has 8 heteroatoms. The number of hydrogen-bond donors (Lipinski definition) is 2. The number of hydrogen-bond acceptors (Lipinski definition) is 5. The maximum absolute atomic E-state index is 12.5. The lowest BCUT2D eigenvalue weighted by Crippen LogP contribution is -2.75. The highest BCUT2D eigenvalue weighted by Crippen LogP contribution is 2.49. The van der Waals surface area contributed by atoms with E-state index < -0.39 is 15.9 Å². The van der Waals surface area contributed by atoms with Gasteiger partial charge in [-0.25, -0.2) is 0 Å². The second-order valence-electron chi connectivity index (χ2n) is 6.73. The average Bonchev–Trinajstić information content (AvgIpc) is 2.54. The largest absolute Gasteiger partial charge is 0.378 e. The monoisotopic (exact) mass is 371 g/mol. The third-order valence-corrected chi connectivity index (χ3v) is 5.10. The molecule has 25 heavy (non-hydrogen) atoms. The molecule has 1 amide bonds. The number of carbonyl (C=O) groups excluding carboxylic acids is 1. The van der Waals surface area contributed by atoms with Gasteiger partial charge < -0.3 is 15.8 Å². The number of amides is 1. The molecular formula is C17H26ClN3O4. The van der Waals surface area contributed by atoms with Gasteiger partial charge in [-0.1, -0.05) is 32.0 Å². The highest BCUT2D eigenvalue weighted by atomic mass is 35.5. The Kier molecular flexibility index (Phi) is 6.93. The van der Waals surface area contributed by atoms with Crippen LogP contribution in [0.4, 0.5) is 5.69 Å². The zero-order chi connectivity index (χ0) is 18.0. The zero-order valence-electron chi connectivity index (χ0n) is 14.8. The van der Waals surface area contributed by atoms with Gasteiger partial charge in [0.05, 0.1) is 11.0 Å². The van der Waals surface area contributed by atoms with E-state index in [1.165, 1.54) is 6.07 Å². The molecule has 7 nitrogen and oxygen atoms in total. The number of nitrogens with zero attached hydrogens (tertiary/aromatic N) is 1. The summed E-state index contributed by atoms with van der Waals surface area (Å²) in [6, 6.07) is 6.53. The number of nitro benzene ring substituents is 1. The molecule has 1 saturated carbocycles. The second kappa shape index (κ2) is 8.12. The quantitative estimate of drug-likeness (QED) is 0.564. The van der Waals surface area contributed by atoms with Gasteiger partial charge in [0.25, 0.3) is 5.69 Å². The van der Waals surface area contributed by atoms with Gasteiger partial charge in [0, 0.05) is 36.6 Å². The van der Waals surface area contributed by atoms with Crippen LogP contribution in [0.15, 0.2) is 24.3 Å². The molecule has 2 rings (SSSR count). The number of nitrogens with one attached hydrogen (secondary N) is 1. The van der Waals surface area contributed by atoms with Crippen molar-refractivity contribution in [2.75, 3.05) is 13.2 Å². The number of nitro groups is 1. The van der Waals surface area contributed by atoms with E-state index in [0.717, 1.165) is 0 Å². The van der Waals surface area contributed by atoms with Crippen molar-refractivity contribution in [3.63, 3.8) is 0 Å². The Balaban J connectivity index is 0.00000312. The van der Waals surface area contributed by atoms with Crippen molar-refractivity contribution in [1.82, 2.24) is 5.32 Å². The summed E-state index contributed by atoms with van der Waals surface area (Å²) in [6.45, 7) is 6.66. The van der Waals surface area contributed by atoms with Crippen LogP contribution in [0.3, 0.4) is 0 Å². The predicted molar refractivity (Wildman–Crippen MR) is 97.8 cm³/mol. The molecule has 0 aromatic heterocycles. The van der Waals surface area contributed by atoms with E-state index in [0.29, 0.717) is 31.6 Å². The Bertz CT molecular complexity index is 638. The summed E-state index contributed by atoms with van der Waals surface area (Å²) in [5.41, 5.74) is 5.53. The van der Waals surface area contributed by atoms with Crippen LogP contribution in [-0.2, 0) is 16.0 Å². The lowest BCUT2D eigenvalue weighted by Gasteiger charge is -2.57. The number of para-hydroxylation sites is 1. The molecule has 1 aromatic rings. The smallest absolute Gasteiger partial charge is 0.272 e. The molecular weight excluding hydrogens is 346 g/mol. The van der Waals surface area contributed by atoms with Crippen molar-refractivity contribution in [3.05, 3.63) is 39.9 Å². The standard InChI is InChI=1S/C17H25N3O4.ClH/c1-4-24-14-11-17(18,16(14,2)3)15(21)19-10-9-12-7-5-6-8-13(12)20(22)23;/h5-8,14H,4,9-11,18H2,1-3H3,(H,19,21);1H. The minimum Gasteiger partial charge on any atom is -0.378 e. The van der Waals surface area contributed by atoms with Crippen LogP contribution in [0.1, 0.15) is 32.8 Å². The van der Waals surface area contributed by atoms with E-state index >= 15 is 0 Å². The van der Waals surface area contributed by atoms with Crippen molar-refractivity contribution in [2.24, 2.45) is 11.1 Å². The van der Waals surface area contributed by atoms with Crippen LogP contribution in [-0.4, -0.2) is 35.6 Å². The van der Waals surface area contributed by atoms with Crippen LogP contribution in [0.5, 0.6) is 0 Å². The summed E-state index contributed by atoms with van der Waals surface area (Å²) >= 11 is 0. The van der Waals surface area contributed by atoms with Crippen LogP contribution in [0.25, 0.3) is 0 Å². The fourth-order valence-electron chi connectivity index (χ4n) is 3.19. The summed E-state index contributed by atoms with van der Waals surface area (Å²) in [5.74, 6) is -0.234. The molecule has 1 aliphatic carbocycles. The number of nitrogens with two attached hydrogens (primary N) is 1. The first-order valence-electron chi connectivity index (χ1n) is 8.15. The van der Waals surface area contributed by atoms with E-state index in [1.54, 1.807) is 18.2 Å². The van der Waals surface area contributed by atoms with Crippen LogP contribution >= 0.6 is 12.4 Å². The third kappa shape index (κ3) is 3.94. The molecule has 1 fully saturated rings. The molecule has 2 unspecified atom stereocenters. The minimum atomic E-state index is -0.977. The summed E-state index contributed by atoms with van der Waals surface area (Å²) in [7, 11) is 0. The maximum Gasteiger partial charge on any atom is 0.272 e. The van der Waals surface area contributed by atoms with Crippen molar-refractivity contribution in [2.45, 2.75) is 45.3 Å². The topological polar surface area (TPSA) is 107 Å². The van der Waals surface area contributed by atoms with Gasteiger partial charge in [-0.3, -0.25) is 14.9 Å². The van der Waals surface area contributed by atoms with Crippen molar-refractivity contribution in [1.29, 1.82) is 0 Å². The van der Waals surface area contributed by atoms with Crippen molar-refractivity contribution < 1.29 is 14.5 Å². The van der Waals surface area contributed by atoms with Gasteiger partial charge in [0.2, 0.25) is 5.91 Å². The van der Waals surface area contributed by atoms with Crippen LogP contribution in [0.2, 0.25) is 0 Å². The van der Waals surface area contributed by atoms with Gasteiger partial charge >= 0.3 is 0 Å². The van der Waals surface area contributed by atoms with Gasteiger partial charge in [-0.2, -0.15) is 0 Å². The van der Waals surface area contributed by atoms with Crippen LogP contribution < -0.4 is 11.1 Å². The summed E-state index contributed by atoms with van der Waals surface area (Å²) in [6.07, 6.45) is 0.827. The fraction of sp³-hybridized carbons (Fsp3) is 0.588. The molecule has 0 radical (unpaired) electrons. The first-order valence-corrected chi connectivity index (χ1v) is 8.15. The van der Waals surface area contributed by atoms with Crippen LogP contribution in [0, 0.1) is 15.5 Å². The van der Waals surface area contributed by atoms with E-state index in [2.05, 4.69) is 5.32 Å². The van der Waals surface area contributed by atoms with E-state index in [9.17, 15) is 14.9 Å². The molecule has 140 valence electrons. The minimum absolute atomic E-state index is 0. The van der Waals surface area contributed by atoms with Gasteiger partial charge in [-0.05, 0) is 13.3 Å². The predicted octanol–water partition coefficient (Wildman–Crippen LogP) is 2.21. The molecule has 0 saturated heterocycles. The Morgan fingerprint density at radius 3 is 2.64 bits per heavy atom. The fourth-order valence-corrected chi connectivity index (χ4v) is 3.19. The Morgan fingerprint density at radius 1 is 1.44 bits per heavy atom. The lowest BCUT2D eigenvalue weighted by molar-refractivity contribution is -0.385. The Morgan fingerprint density at radius 2 is 2.08 bits per heavy atom. The second-order valence-corrected chi connectivity index (χ2v) is 6.73. The normalized spacial score (nSPS) is 23.9. The molecule has 3 N–H and O–H groups in total. The Labute approximate surface area is 153 Å². The molecule has 1 aliphatic rings. The van der Waals surface area contributed by atoms with Crippen molar-refractivity contribution in [3.8, 4) is 0 Å². The van der Waals surface area contributed by atoms with Crippen molar-refractivity contribution >= 4 is 24.0 Å². The van der Waals surface area contributed by atoms with Gasteiger partial charge in [0.1, 0.15) is 5.54 Å². The third-order valence-electron chi connectivity index (χ3n) is 5.10. The number of ether oxygens (including phenoxy) is 1. The molecule has 0 heterocycles. The lowest BCUT2D eigenvalue weighted by atomic mass is 9.54. The first kappa shape index (κ1) is 21.3. The maximum atomic E-state index is 12.5. The molecule has 2 atom stereocenters. The first-order chi connectivity index (χ1) is 11.2.